The first-order chi connectivity index (χ1) is 27.9. The van der Waals surface area contributed by atoms with Crippen molar-refractivity contribution >= 4 is 52.3 Å². The van der Waals surface area contributed by atoms with Gasteiger partial charge in [-0.25, -0.2) is 4.79 Å². The molecule has 0 saturated carbocycles. The molecule has 3 aromatic rings. The monoisotopic (exact) mass is 795 g/mol. The number of nitrogens with zero attached hydrogens (tertiary/aromatic N) is 4. The van der Waals surface area contributed by atoms with Gasteiger partial charge in [-0.2, -0.15) is 0 Å². The minimum Gasteiger partial charge on any atom is -0.461 e. The van der Waals surface area contributed by atoms with Crippen LogP contribution in [0.5, 0.6) is 0 Å². The largest absolute Gasteiger partial charge is 0.461 e. The zero-order valence-corrected chi connectivity index (χ0v) is 33.4. The summed E-state index contributed by atoms with van der Waals surface area (Å²) in [4.78, 5) is 102. The molecule has 15 nitrogen and oxygen atoms in total. The fraction of sp³-hybridized carbons (Fsp3) is 0.512. The molecule has 5 heterocycles. The van der Waals surface area contributed by atoms with E-state index < -0.39 is 78.4 Å². The van der Waals surface area contributed by atoms with Crippen LogP contribution < -0.4 is 16.0 Å². The molecule has 1 unspecified atom stereocenters. The number of piperidine rings is 1. The predicted molar refractivity (Wildman–Crippen MR) is 213 cm³/mol. The van der Waals surface area contributed by atoms with Gasteiger partial charge in [0.1, 0.15) is 42.9 Å². The first-order valence-electron chi connectivity index (χ1n) is 20.4. The number of fused-ring (bicyclic) bond motifs is 4. The number of aryl methyl sites for hydroxylation is 1. The Morgan fingerprint density at radius 1 is 0.828 bits per heavy atom. The number of ether oxygens (including phenoxy) is 1. The molecule has 4 aliphatic rings. The predicted octanol–water partition coefficient (Wildman–Crippen LogP) is 1.60. The summed E-state index contributed by atoms with van der Waals surface area (Å²) < 4.78 is 7.75. The Morgan fingerprint density at radius 3 is 2.36 bits per heavy atom. The number of benzene rings is 2. The van der Waals surface area contributed by atoms with Crippen LogP contribution in [0.3, 0.4) is 0 Å². The molecule has 3 N–H and O–H groups in total. The van der Waals surface area contributed by atoms with E-state index in [9.17, 15) is 33.6 Å². The first-order valence-corrected chi connectivity index (χ1v) is 20.4. The number of esters is 1. The Bertz CT molecular complexity index is 2070. The summed E-state index contributed by atoms with van der Waals surface area (Å²) >= 11 is 0. The van der Waals surface area contributed by atoms with E-state index in [0.717, 1.165) is 22.0 Å². The highest BCUT2D eigenvalue weighted by Crippen LogP contribution is 2.28. The van der Waals surface area contributed by atoms with Crippen molar-refractivity contribution < 1.29 is 38.3 Å². The number of carbonyl (C=O) groups excluding carboxylic acids is 7. The van der Waals surface area contributed by atoms with E-state index in [1.807, 2.05) is 79.3 Å². The van der Waals surface area contributed by atoms with Gasteiger partial charge in [0.05, 0.1) is 6.42 Å². The molecule has 4 aliphatic heterocycles. The van der Waals surface area contributed by atoms with Crippen molar-refractivity contribution in [3.05, 3.63) is 71.9 Å². The van der Waals surface area contributed by atoms with Gasteiger partial charge in [-0.1, -0.05) is 49.4 Å². The fourth-order valence-electron chi connectivity index (χ4n) is 8.90. The van der Waals surface area contributed by atoms with Crippen molar-refractivity contribution in [1.29, 1.82) is 0 Å². The molecule has 1 aromatic heterocycles. The molecule has 6 amide bonds. The van der Waals surface area contributed by atoms with Gasteiger partial charge in [-0.15, -0.1) is 0 Å². The lowest BCUT2D eigenvalue weighted by Crippen LogP contribution is -2.62. The van der Waals surface area contributed by atoms with E-state index in [1.54, 1.807) is 6.92 Å². The van der Waals surface area contributed by atoms with E-state index in [0.29, 0.717) is 45.1 Å². The first kappa shape index (κ1) is 40.5. The van der Waals surface area contributed by atoms with E-state index in [2.05, 4.69) is 16.0 Å². The number of aromatic nitrogens is 1. The quantitative estimate of drug-likeness (QED) is 0.302. The van der Waals surface area contributed by atoms with Crippen molar-refractivity contribution in [3.63, 3.8) is 0 Å². The molecule has 4 fully saturated rings. The van der Waals surface area contributed by atoms with Crippen LogP contribution in [0, 0.1) is 5.92 Å². The summed E-state index contributed by atoms with van der Waals surface area (Å²) in [6.07, 6.45) is 5.02. The van der Waals surface area contributed by atoms with Crippen LogP contribution in [0.15, 0.2) is 60.8 Å². The molecule has 308 valence electrons. The maximum Gasteiger partial charge on any atom is 0.328 e. The van der Waals surface area contributed by atoms with Crippen LogP contribution in [0.4, 0.5) is 0 Å². The molecule has 0 bridgehead atoms. The summed E-state index contributed by atoms with van der Waals surface area (Å²) in [6.45, 7) is 3.72. The lowest BCUT2D eigenvalue weighted by Gasteiger charge is -2.39. The molecule has 0 radical (unpaired) electrons. The normalized spacial score (nSPS) is 26.4. The molecule has 4 saturated heterocycles. The number of rotatable bonds is 7. The molecule has 0 aliphatic carbocycles. The topological polar surface area (TPSA) is 179 Å². The molecule has 7 rings (SSSR count). The van der Waals surface area contributed by atoms with Crippen molar-refractivity contribution in [2.45, 2.75) is 101 Å². The third-order valence-electron chi connectivity index (χ3n) is 12.0. The van der Waals surface area contributed by atoms with Crippen molar-refractivity contribution in [3.8, 4) is 0 Å². The van der Waals surface area contributed by atoms with Gasteiger partial charge < -0.3 is 40.0 Å². The zero-order valence-electron chi connectivity index (χ0n) is 33.4. The van der Waals surface area contributed by atoms with E-state index in [-0.39, 0.29) is 37.8 Å². The van der Waals surface area contributed by atoms with Crippen LogP contribution in [0.25, 0.3) is 10.9 Å². The molecule has 15 heteroatoms. The summed E-state index contributed by atoms with van der Waals surface area (Å²) in [5.74, 6) is -3.77. The minimum absolute atomic E-state index is 0.000393. The van der Waals surface area contributed by atoms with Crippen molar-refractivity contribution in [1.82, 2.24) is 35.2 Å². The lowest BCUT2D eigenvalue weighted by molar-refractivity contribution is -0.158. The van der Waals surface area contributed by atoms with Gasteiger partial charge >= 0.3 is 5.97 Å². The van der Waals surface area contributed by atoms with Gasteiger partial charge in [0.2, 0.25) is 35.4 Å². The molecular formula is C43H53N7O8. The summed E-state index contributed by atoms with van der Waals surface area (Å²) in [5, 5.41) is 9.50. The van der Waals surface area contributed by atoms with Gasteiger partial charge in [-0.05, 0) is 80.0 Å². The standard InChI is InChI=1S/C43H53N7O8/c1-26-20-36-43(57)58-25-32(41(55)49-18-9-13-34(49)42(56)48-17-8-7-12-33(48)39(53)44-27(2)40(54)50(36)24-26)46-38(52)31(21-28-10-5-4-6-11-28)45-37(51)23-29-14-15-30-16-19-47(3)35(30)22-29/h4-6,10-11,14-16,19,22,26-27,31-34,36H,7-9,12-13,17-18,20-21,23-25H2,1-3H3,(H,44,53)(H,45,51)(H,46,52)/t26-,27+,31+,32+,33+,34+,36?/m1/s1. The van der Waals surface area contributed by atoms with Gasteiger partial charge in [0.15, 0.2) is 0 Å². The minimum atomic E-state index is -1.42. The molecule has 7 atom stereocenters. The molecule has 58 heavy (non-hydrogen) atoms. The second-order valence-electron chi connectivity index (χ2n) is 16.3. The van der Waals surface area contributed by atoms with Crippen LogP contribution in [0.1, 0.15) is 63.5 Å². The molecule has 0 spiro atoms. The highest BCUT2D eigenvalue weighted by Gasteiger charge is 2.46. The number of hydrogen-bond acceptors (Lipinski definition) is 8. The van der Waals surface area contributed by atoms with Gasteiger partial charge in [-0.3, -0.25) is 28.8 Å². The number of amides is 6. The number of carbonyl (C=O) groups is 7. The zero-order chi connectivity index (χ0) is 41.1. The second-order valence-corrected chi connectivity index (χ2v) is 16.3. The number of hydrogen-bond donors (Lipinski definition) is 3. The Kier molecular flexibility index (Phi) is 12.1. The Hall–Kier alpha value is -5.73. The lowest BCUT2D eigenvalue weighted by atomic mass is 9.99. The second kappa shape index (κ2) is 17.4. The maximum absolute atomic E-state index is 14.6. The maximum atomic E-state index is 14.6. The van der Waals surface area contributed by atoms with Crippen molar-refractivity contribution in [2.24, 2.45) is 13.0 Å². The van der Waals surface area contributed by atoms with Gasteiger partial charge in [0.25, 0.3) is 0 Å². The average Bonchev–Trinajstić information content (AvgIpc) is 3.97. The molecule has 2 aromatic carbocycles. The Morgan fingerprint density at radius 2 is 1.57 bits per heavy atom. The van der Waals surface area contributed by atoms with Crippen LogP contribution >= 0.6 is 0 Å². The van der Waals surface area contributed by atoms with E-state index in [1.165, 1.54) is 14.7 Å². The third-order valence-corrected chi connectivity index (χ3v) is 12.0. The highest BCUT2D eigenvalue weighted by atomic mass is 16.5. The Balaban J connectivity index is 1.17. The summed E-state index contributed by atoms with van der Waals surface area (Å²) in [6, 6.07) is 10.7. The van der Waals surface area contributed by atoms with Crippen LogP contribution in [-0.2, 0) is 58.2 Å². The average molecular weight is 796 g/mol. The highest BCUT2D eigenvalue weighted by molar-refractivity contribution is 5.98. The Labute approximate surface area is 337 Å². The van der Waals surface area contributed by atoms with Crippen LogP contribution in [-0.4, -0.2) is 123 Å². The smallest absolute Gasteiger partial charge is 0.328 e. The number of nitrogens with one attached hydrogen (secondary N) is 3. The third kappa shape index (κ3) is 8.72. The van der Waals surface area contributed by atoms with Crippen LogP contribution in [0.2, 0.25) is 0 Å². The SMILES string of the molecule is C[C@@H]1CC2C(=O)OC[C@H](NC(=O)[C@H](Cc3ccccc3)NC(=O)Cc3ccc4ccn(C)c4c3)C(=O)N3CCC[C@H]3C(=O)N3CCCC[C@H]3C(=O)N[C@@H](C)C(=O)N2C1. The summed E-state index contributed by atoms with van der Waals surface area (Å²) in [5.41, 5.74) is 2.49. The van der Waals surface area contributed by atoms with Crippen molar-refractivity contribution in [2.75, 3.05) is 26.2 Å². The fourth-order valence-corrected chi connectivity index (χ4v) is 8.90. The van der Waals surface area contributed by atoms with Gasteiger partial charge in [0, 0.05) is 44.8 Å². The van der Waals surface area contributed by atoms with E-state index >= 15 is 0 Å². The van der Waals surface area contributed by atoms with E-state index in [4.69, 9.17) is 4.74 Å². The summed E-state index contributed by atoms with van der Waals surface area (Å²) in [7, 11) is 1.92. The number of cyclic esters (lactones) is 1. The molecular weight excluding hydrogens is 743 g/mol.